The summed E-state index contributed by atoms with van der Waals surface area (Å²) in [6.45, 7) is 5.20. The molecule has 1 amide bonds. The zero-order valence-corrected chi connectivity index (χ0v) is 9.72. The van der Waals surface area contributed by atoms with Gasteiger partial charge in [0.2, 0.25) is 5.91 Å². The van der Waals surface area contributed by atoms with E-state index in [-0.39, 0.29) is 11.7 Å². The molecular weight excluding hydrogens is 214 g/mol. The number of hydrogen-bond acceptors (Lipinski definition) is 2. The van der Waals surface area contributed by atoms with Crippen LogP contribution in [0.3, 0.4) is 0 Å². The van der Waals surface area contributed by atoms with Gasteiger partial charge in [0.15, 0.2) is 0 Å². The summed E-state index contributed by atoms with van der Waals surface area (Å²) in [5.74, 6) is -0.0192. The van der Waals surface area contributed by atoms with Gasteiger partial charge < -0.3 is 10.4 Å². The summed E-state index contributed by atoms with van der Waals surface area (Å²) >= 11 is 5.64. The highest BCUT2D eigenvalue weighted by Crippen LogP contribution is 2.25. The van der Waals surface area contributed by atoms with Crippen LogP contribution in [0.25, 0.3) is 0 Å². The molecule has 4 heteroatoms. The van der Waals surface area contributed by atoms with Gasteiger partial charge in [-0.2, -0.15) is 0 Å². The summed E-state index contributed by atoms with van der Waals surface area (Å²) in [6.07, 6.45) is 0. The Morgan fingerprint density at radius 1 is 1.40 bits per heavy atom. The highest BCUT2D eigenvalue weighted by atomic mass is 35.5. The summed E-state index contributed by atoms with van der Waals surface area (Å²) in [7, 11) is 0. The van der Waals surface area contributed by atoms with Gasteiger partial charge in [0, 0.05) is 5.69 Å². The topological polar surface area (TPSA) is 49.3 Å². The van der Waals surface area contributed by atoms with E-state index in [1.54, 1.807) is 26.0 Å². The lowest BCUT2D eigenvalue weighted by Crippen LogP contribution is -2.20. The number of halogens is 1. The maximum Gasteiger partial charge on any atom is 0.242 e. The van der Waals surface area contributed by atoms with E-state index in [2.05, 4.69) is 5.32 Å². The number of amides is 1. The van der Waals surface area contributed by atoms with E-state index >= 15 is 0 Å². The van der Waals surface area contributed by atoms with Crippen molar-refractivity contribution in [1.29, 1.82) is 0 Å². The van der Waals surface area contributed by atoms with Gasteiger partial charge in [-0.3, -0.25) is 4.79 Å². The third kappa shape index (κ3) is 2.86. The first-order chi connectivity index (χ1) is 6.91. The van der Waals surface area contributed by atoms with Crippen molar-refractivity contribution in [2.45, 2.75) is 26.1 Å². The van der Waals surface area contributed by atoms with Crippen molar-refractivity contribution in [1.82, 2.24) is 0 Å². The van der Waals surface area contributed by atoms with Gasteiger partial charge in [-0.25, -0.2) is 0 Å². The molecule has 2 N–H and O–H groups in total. The molecule has 1 aromatic rings. The first-order valence-corrected chi connectivity index (χ1v) is 5.10. The number of aromatic hydroxyl groups is 1. The number of carbonyl (C=O) groups is 1. The molecule has 0 saturated carbocycles. The Kier molecular flexibility index (Phi) is 3.58. The molecule has 0 aliphatic rings. The van der Waals surface area contributed by atoms with E-state index in [1.165, 1.54) is 0 Å². The van der Waals surface area contributed by atoms with E-state index in [1.807, 2.05) is 6.92 Å². The van der Waals surface area contributed by atoms with Crippen molar-refractivity contribution in [3.8, 4) is 5.75 Å². The van der Waals surface area contributed by atoms with Crippen LogP contribution in [-0.4, -0.2) is 16.4 Å². The molecule has 1 atom stereocenters. The Bertz CT molecular complexity index is 388. The molecule has 0 aromatic heterocycles. The number of alkyl halides is 1. The number of phenols is 1. The Hall–Kier alpha value is -1.22. The Balaban J connectivity index is 2.96. The lowest BCUT2D eigenvalue weighted by Gasteiger charge is -2.11. The summed E-state index contributed by atoms with van der Waals surface area (Å²) in [6, 6.07) is 3.34. The van der Waals surface area contributed by atoms with Crippen LogP contribution in [0.2, 0.25) is 0 Å². The monoisotopic (exact) mass is 227 g/mol. The Labute approximate surface area is 94.1 Å². The minimum Gasteiger partial charge on any atom is -0.508 e. The zero-order chi connectivity index (χ0) is 11.6. The molecule has 1 rings (SSSR count). The van der Waals surface area contributed by atoms with Crippen molar-refractivity contribution in [2.75, 3.05) is 5.32 Å². The number of phenolic OH excluding ortho intramolecular Hbond substituents is 1. The second kappa shape index (κ2) is 4.53. The highest BCUT2D eigenvalue weighted by Gasteiger charge is 2.11. The van der Waals surface area contributed by atoms with Crippen LogP contribution >= 0.6 is 11.6 Å². The van der Waals surface area contributed by atoms with Gasteiger partial charge in [-0.05, 0) is 44.0 Å². The largest absolute Gasteiger partial charge is 0.508 e. The standard InChI is InChI=1S/C11H14ClNO2/c1-6-5-10(14)7(2)4-9(6)13-11(15)8(3)12/h4-5,8,14H,1-3H3,(H,13,15). The molecule has 0 heterocycles. The van der Waals surface area contributed by atoms with Crippen LogP contribution in [-0.2, 0) is 4.79 Å². The second-order valence-corrected chi connectivity index (χ2v) is 4.21. The molecule has 15 heavy (non-hydrogen) atoms. The van der Waals surface area contributed by atoms with Crippen LogP contribution in [0.4, 0.5) is 5.69 Å². The van der Waals surface area contributed by atoms with Crippen LogP contribution < -0.4 is 5.32 Å². The van der Waals surface area contributed by atoms with Crippen LogP contribution in [0.1, 0.15) is 18.1 Å². The average molecular weight is 228 g/mol. The van der Waals surface area contributed by atoms with Crippen molar-refractivity contribution >= 4 is 23.2 Å². The van der Waals surface area contributed by atoms with Gasteiger partial charge in [0.25, 0.3) is 0 Å². The van der Waals surface area contributed by atoms with Gasteiger partial charge in [-0.1, -0.05) is 0 Å². The summed E-state index contributed by atoms with van der Waals surface area (Å²) < 4.78 is 0. The third-order valence-electron chi connectivity index (χ3n) is 2.16. The van der Waals surface area contributed by atoms with E-state index < -0.39 is 5.38 Å². The molecule has 0 radical (unpaired) electrons. The van der Waals surface area contributed by atoms with Crippen molar-refractivity contribution in [3.63, 3.8) is 0 Å². The predicted molar refractivity (Wildman–Crippen MR) is 61.5 cm³/mol. The fourth-order valence-corrected chi connectivity index (χ4v) is 1.22. The van der Waals surface area contributed by atoms with E-state index in [4.69, 9.17) is 11.6 Å². The number of aryl methyl sites for hydroxylation is 2. The van der Waals surface area contributed by atoms with Crippen molar-refractivity contribution in [3.05, 3.63) is 23.3 Å². The van der Waals surface area contributed by atoms with E-state index in [9.17, 15) is 9.90 Å². The number of hydrogen-bond donors (Lipinski definition) is 2. The number of carbonyl (C=O) groups excluding carboxylic acids is 1. The minimum absolute atomic E-state index is 0.226. The van der Waals surface area contributed by atoms with E-state index in [0.717, 1.165) is 11.1 Å². The maximum absolute atomic E-state index is 11.4. The fraction of sp³-hybridized carbons (Fsp3) is 0.364. The SMILES string of the molecule is Cc1cc(NC(=O)C(C)Cl)c(C)cc1O. The quantitative estimate of drug-likeness (QED) is 0.603. The maximum atomic E-state index is 11.4. The smallest absolute Gasteiger partial charge is 0.242 e. The number of anilines is 1. The lowest BCUT2D eigenvalue weighted by atomic mass is 10.1. The molecule has 0 saturated heterocycles. The predicted octanol–water partition coefficient (Wildman–Crippen LogP) is 2.57. The van der Waals surface area contributed by atoms with Crippen molar-refractivity contribution < 1.29 is 9.90 Å². The van der Waals surface area contributed by atoms with Crippen molar-refractivity contribution in [2.24, 2.45) is 0 Å². The molecular formula is C11H14ClNO2. The molecule has 1 aromatic carbocycles. The molecule has 0 bridgehead atoms. The van der Waals surface area contributed by atoms with Crippen LogP contribution in [0.15, 0.2) is 12.1 Å². The van der Waals surface area contributed by atoms with Gasteiger partial charge in [0.1, 0.15) is 11.1 Å². The summed E-state index contributed by atoms with van der Waals surface area (Å²) in [4.78, 5) is 11.4. The Morgan fingerprint density at radius 3 is 2.53 bits per heavy atom. The van der Waals surface area contributed by atoms with Crippen LogP contribution in [0, 0.1) is 13.8 Å². The Morgan fingerprint density at radius 2 is 2.00 bits per heavy atom. The zero-order valence-electron chi connectivity index (χ0n) is 8.97. The normalized spacial score (nSPS) is 12.3. The summed E-state index contributed by atoms with van der Waals surface area (Å²) in [5, 5.41) is 11.6. The second-order valence-electron chi connectivity index (χ2n) is 3.56. The molecule has 0 spiro atoms. The third-order valence-corrected chi connectivity index (χ3v) is 2.36. The first-order valence-electron chi connectivity index (χ1n) is 4.67. The summed E-state index contributed by atoms with van der Waals surface area (Å²) in [5.41, 5.74) is 2.21. The van der Waals surface area contributed by atoms with E-state index in [0.29, 0.717) is 5.69 Å². The lowest BCUT2D eigenvalue weighted by molar-refractivity contribution is -0.115. The molecule has 1 unspecified atom stereocenters. The molecule has 0 aliphatic heterocycles. The van der Waals surface area contributed by atoms with Gasteiger partial charge in [-0.15, -0.1) is 11.6 Å². The number of nitrogens with one attached hydrogen (secondary N) is 1. The molecule has 0 aliphatic carbocycles. The minimum atomic E-state index is -0.571. The van der Waals surface area contributed by atoms with Gasteiger partial charge >= 0.3 is 0 Å². The molecule has 82 valence electrons. The average Bonchev–Trinajstić information content (AvgIpc) is 2.13. The van der Waals surface area contributed by atoms with Gasteiger partial charge in [0.05, 0.1) is 0 Å². The highest BCUT2D eigenvalue weighted by molar-refractivity contribution is 6.32. The molecule has 3 nitrogen and oxygen atoms in total. The number of rotatable bonds is 2. The van der Waals surface area contributed by atoms with Crippen LogP contribution in [0.5, 0.6) is 5.75 Å². The molecule has 0 fully saturated rings. The first kappa shape index (κ1) is 11.9. The fourth-order valence-electron chi connectivity index (χ4n) is 1.17. The number of benzene rings is 1.